The van der Waals surface area contributed by atoms with Gasteiger partial charge in [-0.05, 0) is 37.5 Å². The molecule has 20 heavy (non-hydrogen) atoms. The maximum atomic E-state index is 13.1. The van der Waals surface area contributed by atoms with Crippen molar-refractivity contribution < 1.29 is 4.79 Å². The van der Waals surface area contributed by atoms with Crippen LogP contribution in [-0.2, 0) is 4.79 Å². The lowest BCUT2D eigenvalue weighted by Crippen LogP contribution is -2.59. The molecule has 0 saturated heterocycles. The van der Waals surface area contributed by atoms with E-state index in [0.29, 0.717) is 22.9 Å². The lowest BCUT2D eigenvalue weighted by atomic mass is 9.61. The molecule has 0 aliphatic heterocycles. The van der Waals surface area contributed by atoms with Gasteiger partial charge in [0.15, 0.2) is 0 Å². The molecule has 0 aromatic carbocycles. The average Bonchev–Trinajstić information content (AvgIpc) is 2.83. The van der Waals surface area contributed by atoms with Crippen LogP contribution in [0, 0.1) is 17.3 Å². The molecule has 0 radical (unpaired) electrons. The van der Waals surface area contributed by atoms with Gasteiger partial charge >= 0.3 is 0 Å². The third-order valence-corrected chi connectivity index (χ3v) is 5.25. The van der Waals surface area contributed by atoms with Gasteiger partial charge in [-0.25, -0.2) is 0 Å². The predicted octanol–water partition coefficient (Wildman–Crippen LogP) is 3.12. The van der Waals surface area contributed by atoms with E-state index < -0.39 is 5.41 Å². The molecule has 4 heteroatoms. The van der Waals surface area contributed by atoms with Crippen molar-refractivity contribution in [1.82, 2.24) is 4.90 Å². The zero-order valence-electron chi connectivity index (χ0n) is 13.0. The average molecular weight is 296 g/mol. The van der Waals surface area contributed by atoms with E-state index in [1.165, 1.54) is 12.8 Å². The van der Waals surface area contributed by atoms with Gasteiger partial charge in [-0.2, -0.15) is 0 Å². The van der Waals surface area contributed by atoms with Crippen LogP contribution in [0.4, 0.5) is 0 Å². The van der Waals surface area contributed by atoms with Crippen LogP contribution in [0.15, 0.2) is 0 Å². The van der Waals surface area contributed by atoms with Crippen molar-refractivity contribution in [2.75, 3.05) is 6.54 Å². The summed E-state index contributed by atoms with van der Waals surface area (Å²) in [5.74, 6) is 1.26. The second-order valence-electron chi connectivity index (χ2n) is 7.25. The number of nitrogens with zero attached hydrogens (tertiary/aromatic N) is 1. The number of rotatable bonds is 5. The van der Waals surface area contributed by atoms with Crippen LogP contribution >= 0.6 is 12.2 Å². The first-order valence-corrected chi connectivity index (χ1v) is 8.38. The van der Waals surface area contributed by atoms with E-state index >= 15 is 0 Å². The van der Waals surface area contributed by atoms with Gasteiger partial charge < -0.3 is 10.6 Å². The van der Waals surface area contributed by atoms with Gasteiger partial charge in [0, 0.05) is 12.6 Å². The second kappa shape index (κ2) is 6.00. The molecule has 2 saturated carbocycles. The number of thiocarbonyl (C=S) groups is 1. The number of hydrogen-bond acceptors (Lipinski definition) is 2. The highest BCUT2D eigenvalue weighted by atomic mass is 32.1. The molecule has 0 heterocycles. The Kier molecular flexibility index (Phi) is 4.73. The molecule has 2 fully saturated rings. The van der Waals surface area contributed by atoms with Crippen LogP contribution in [0.5, 0.6) is 0 Å². The molecule has 3 nitrogen and oxygen atoms in total. The Morgan fingerprint density at radius 2 is 1.90 bits per heavy atom. The summed E-state index contributed by atoms with van der Waals surface area (Å²) in [6, 6.07) is 0.409. The lowest BCUT2D eigenvalue weighted by Gasteiger charge is -2.48. The fourth-order valence-electron chi connectivity index (χ4n) is 3.89. The molecule has 0 atom stereocenters. The van der Waals surface area contributed by atoms with Crippen LogP contribution < -0.4 is 5.73 Å². The normalized spacial score (nSPS) is 30.3. The summed E-state index contributed by atoms with van der Waals surface area (Å²) in [7, 11) is 0. The third-order valence-electron chi connectivity index (χ3n) is 4.86. The summed E-state index contributed by atoms with van der Waals surface area (Å²) < 4.78 is 0. The van der Waals surface area contributed by atoms with E-state index in [1.807, 2.05) is 0 Å². The van der Waals surface area contributed by atoms with Crippen LogP contribution in [0.25, 0.3) is 0 Å². The SMILES string of the molecule is CC(C)CN(C(=O)C1(C(N)=S)CC(C)C1)C1CCCC1. The van der Waals surface area contributed by atoms with E-state index in [2.05, 4.69) is 25.7 Å². The Balaban J connectivity index is 2.18. The molecule has 0 bridgehead atoms. The molecule has 1 amide bonds. The molecular formula is C16H28N2OS. The zero-order valence-corrected chi connectivity index (χ0v) is 13.8. The number of amides is 1. The Bertz CT molecular complexity index is 382. The first kappa shape index (κ1) is 15.7. The minimum Gasteiger partial charge on any atom is -0.392 e. The van der Waals surface area contributed by atoms with Crippen molar-refractivity contribution in [2.24, 2.45) is 23.0 Å². The molecule has 0 aromatic rings. The smallest absolute Gasteiger partial charge is 0.235 e. The maximum absolute atomic E-state index is 13.1. The van der Waals surface area contributed by atoms with Crippen molar-refractivity contribution in [3.05, 3.63) is 0 Å². The number of carbonyl (C=O) groups excluding carboxylic acids is 1. The highest BCUT2D eigenvalue weighted by Gasteiger charge is 2.53. The molecule has 2 N–H and O–H groups in total. The summed E-state index contributed by atoms with van der Waals surface area (Å²) in [6.45, 7) is 7.35. The molecular weight excluding hydrogens is 268 g/mol. The highest BCUT2D eigenvalue weighted by molar-refractivity contribution is 7.80. The van der Waals surface area contributed by atoms with Crippen LogP contribution in [0.2, 0.25) is 0 Å². The summed E-state index contributed by atoms with van der Waals surface area (Å²) in [5.41, 5.74) is 5.41. The van der Waals surface area contributed by atoms with Gasteiger partial charge in [-0.3, -0.25) is 4.79 Å². The number of carbonyl (C=O) groups is 1. The van der Waals surface area contributed by atoms with Crippen LogP contribution in [0.3, 0.4) is 0 Å². The van der Waals surface area contributed by atoms with Crippen LogP contribution in [-0.4, -0.2) is 28.4 Å². The van der Waals surface area contributed by atoms with E-state index in [1.54, 1.807) is 0 Å². The molecule has 2 aliphatic carbocycles. The Morgan fingerprint density at radius 1 is 1.35 bits per heavy atom. The lowest BCUT2D eigenvalue weighted by molar-refractivity contribution is -0.147. The van der Waals surface area contributed by atoms with Crippen molar-refractivity contribution in [3.63, 3.8) is 0 Å². The second-order valence-corrected chi connectivity index (χ2v) is 7.69. The Morgan fingerprint density at radius 3 is 2.30 bits per heavy atom. The minimum atomic E-state index is -0.535. The third kappa shape index (κ3) is 2.85. The number of hydrogen-bond donors (Lipinski definition) is 1. The van der Waals surface area contributed by atoms with Gasteiger partial charge in [0.1, 0.15) is 0 Å². The molecule has 2 rings (SSSR count). The summed E-state index contributed by atoms with van der Waals surface area (Å²) in [6.07, 6.45) is 6.43. The van der Waals surface area contributed by atoms with Crippen molar-refractivity contribution >= 4 is 23.1 Å². The van der Waals surface area contributed by atoms with Gasteiger partial charge in [-0.15, -0.1) is 0 Å². The van der Waals surface area contributed by atoms with Gasteiger partial charge in [-0.1, -0.05) is 45.8 Å². The first-order chi connectivity index (χ1) is 9.36. The van der Waals surface area contributed by atoms with Crippen molar-refractivity contribution in [3.8, 4) is 0 Å². The van der Waals surface area contributed by atoms with E-state index in [0.717, 1.165) is 32.2 Å². The Labute approximate surface area is 128 Å². The topological polar surface area (TPSA) is 46.3 Å². The van der Waals surface area contributed by atoms with E-state index in [-0.39, 0.29) is 5.91 Å². The van der Waals surface area contributed by atoms with Gasteiger partial charge in [0.25, 0.3) is 0 Å². The standard InChI is InChI=1S/C16H28N2OS/c1-11(2)10-18(13-6-4-5-7-13)15(19)16(14(17)20)8-12(3)9-16/h11-13H,4-10H2,1-3H3,(H2,17,20). The quantitative estimate of drug-likeness (QED) is 0.793. The highest BCUT2D eigenvalue weighted by Crippen LogP contribution is 2.48. The fourth-order valence-corrected chi connectivity index (χ4v) is 4.15. The largest absolute Gasteiger partial charge is 0.392 e. The molecule has 0 unspecified atom stereocenters. The predicted molar refractivity (Wildman–Crippen MR) is 86.4 cm³/mol. The van der Waals surface area contributed by atoms with Crippen LogP contribution in [0.1, 0.15) is 59.3 Å². The summed E-state index contributed by atoms with van der Waals surface area (Å²) in [4.78, 5) is 15.6. The monoisotopic (exact) mass is 296 g/mol. The Hall–Kier alpha value is -0.640. The molecule has 0 aromatic heterocycles. The maximum Gasteiger partial charge on any atom is 0.235 e. The van der Waals surface area contributed by atoms with Gasteiger partial charge in [0.05, 0.1) is 10.4 Å². The van der Waals surface area contributed by atoms with Gasteiger partial charge in [0.2, 0.25) is 5.91 Å². The summed E-state index contributed by atoms with van der Waals surface area (Å²) in [5, 5.41) is 0. The van der Waals surface area contributed by atoms with Crippen molar-refractivity contribution in [2.45, 2.75) is 65.3 Å². The van der Waals surface area contributed by atoms with E-state index in [9.17, 15) is 4.79 Å². The zero-order chi connectivity index (χ0) is 14.9. The molecule has 114 valence electrons. The molecule has 0 spiro atoms. The molecule has 2 aliphatic rings. The summed E-state index contributed by atoms with van der Waals surface area (Å²) >= 11 is 5.25. The fraction of sp³-hybridized carbons (Fsp3) is 0.875. The first-order valence-electron chi connectivity index (χ1n) is 7.98. The number of nitrogens with two attached hydrogens (primary N) is 1. The van der Waals surface area contributed by atoms with Crippen molar-refractivity contribution in [1.29, 1.82) is 0 Å². The van der Waals surface area contributed by atoms with E-state index in [4.69, 9.17) is 18.0 Å². The minimum absolute atomic E-state index is 0.212.